The molecule has 7 nitrogen and oxygen atoms in total. The van der Waals surface area contributed by atoms with Crippen molar-refractivity contribution in [3.63, 3.8) is 0 Å². The zero-order valence-electron chi connectivity index (χ0n) is 15.4. The van der Waals surface area contributed by atoms with Crippen LogP contribution < -0.4 is 15.4 Å². The van der Waals surface area contributed by atoms with Crippen LogP contribution in [-0.2, 0) is 13.0 Å². The predicted octanol–water partition coefficient (Wildman–Crippen LogP) is 2.53. The van der Waals surface area contributed by atoms with Crippen LogP contribution in [0.4, 0.5) is 4.79 Å². The fourth-order valence-corrected chi connectivity index (χ4v) is 3.01. The molecule has 7 heteroatoms. The Morgan fingerprint density at radius 2 is 2.15 bits per heavy atom. The number of H-pyrrole nitrogens is 1. The van der Waals surface area contributed by atoms with Gasteiger partial charge in [0.15, 0.2) is 0 Å². The molecule has 0 radical (unpaired) electrons. The van der Waals surface area contributed by atoms with Crippen molar-refractivity contribution in [2.75, 3.05) is 20.2 Å². The van der Waals surface area contributed by atoms with E-state index in [4.69, 9.17) is 4.74 Å². The summed E-state index contributed by atoms with van der Waals surface area (Å²) in [6.45, 7) is 5.87. The van der Waals surface area contributed by atoms with E-state index in [1.165, 1.54) is 5.56 Å². The van der Waals surface area contributed by atoms with Gasteiger partial charge in [0, 0.05) is 36.4 Å². The quantitative estimate of drug-likeness (QED) is 0.609. The lowest BCUT2D eigenvalue weighted by atomic mass is 10.1. The molecule has 3 aromatic rings. The van der Waals surface area contributed by atoms with E-state index in [-0.39, 0.29) is 6.03 Å². The van der Waals surface area contributed by atoms with Crippen LogP contribution in [-0.4, -0.2) is 41.0 Å². The Balaban J connectivity index is 1.66. The van der Waals surface area contributed by atoms with Gasteiger partial charge in [-0.2, -0.15) is 5.10 Å². The van der Waals surface area contributed by atoms with Gasteiger partial charge in [-0.1, -0.05) is 0 Å². The number of aromatic amines is 1. The van der Waals surface area contributed by atoms with Crippen molar-refractivity contribution in [3.05, 3.63) is 47.4 Å². The second-order valence-electron chi connectivity index (χ2n) is 6.26. The first-order valence-corrected chi connectivity index (χ1v) is 8.76. The SMILES string of the molecule is CNC(=O)NCCc1c(C)[nH]c2ccc(OCCn3ccc(C)n3)cc12. The zero-order chi connectivity index (χ0) is 18.5. The number of carbonyl (C=O) groups is 1. The molecule has 1 aromatic carbocycles. The maximum atomic E-state index is 11.3. The highest BCUT2D eigenvalue weighted by atomic mass is 16.5. The smallest absolute Gasteiger partial charge is 0.314 e. The van der Waals surface area contributed by atoms with E-state index in [1.54, 1.807) is 7.05 Å². The normalized spacial score (nSPS) is 10.9. The molecule has 0 saturated heterocycles. The molecule has 0 fully saturated rings. The number of aromatic nitrogens is 3. The van der Waals surface area contributed by atoms with Gasteiger partial charge >= 0.3 is 6.03 Å². The molecule has 3 N–H and O–H groups in total. The monoisotopic (exact) mass is 355 g/mol. The average molecular weight is 355 g/mol. The molecule has 138 valence electrons. The molecule has 0 saturated carbocycles. The number of hydrogen-bond acceptors (Lipinski definition) is 3. The summed E-state index contributed by atoms with van der Waals surface area (Å²) in [7, 11) is 1.61. The van der Waals surface area contributed by atoms with Crippen LogP contribution in [0.1, 0.15) is 17.0 Å². The van der Waals surface area contributed by atoms with Gasteiger partial charge in [-0.05, 0) is 50.1 Å². The summed E-state index contributed by atoms with van der Waals surface area (Å²) in [6, 6.07) is 7.88. The summed E-state index contributed by atoms with van der Waals surface area (Å²) in [5.41, 5.74) is 4.39. The summed E-state index contributed by atoms with van der Waals surface area (Å²) in [6.07, 6.45) is 2.71. The first kappa shape index (κ1) is 17.8. The molecule has 0 aliphatic carbocycles. The lowest BCUT2D eigenvalue weighted by Crippen LogP contribution is -2.34. The van der Waals surface area contributed by atoms with E-state index in [0.29, 0.717) is 19.7 Å². The van der Waals surface area contributed by atoms with Crippen LogP contribution in [0.2, 0.25) is 0 Å². The number of nitrogens with zero attached hydrogens (tertiary/aromatic N) is 2. The fraction of sp³-hybridized carbons (Fsp3) is 0.368. The lowest BCUT2D eigenvalue weighted by molar-refractivity contribution is 0.243. The van der Waals surface area contributed by atoms with Crippen LogP contribution in [0.5, 0.6) is 5.75 Å². The third kappa shape index (κ3) is 4.17. The molecule has 2 heterocycles. The van der Waals surface area contributed by atoms with Gasteiger partial charge < -0.3 is 20.4 Å². The molecule has 26 heavy (non-hydrogen) atoms. The standard InChI is InChI=1S/C19H25N5O2/c1-13-7-9-24(23-13)10-11-26-15-4-5-18-17(12-15)16(14(2)22-18)6-8-21-19(25)20-3/h4-5,7,9,12,22H,6,8,10-11H2,1-3H3,(H2,20,21,25). The number of amides is 2. The summed E-state index contributed by atoms with van der Waals surface area (Å²) >= 11 is 0. The minimum Gasteiger partial charge on any atom is -0.492 e. The van der Waals surface area contributed by atoms with Gasteiger partial charge in [0.05, 0.1) is 12.2 Å². The second kappa shape index (κ2) is 7.95. The lowest BCUT2D eigenvalue weighted by Gasteiger charge is -2.08. The molecular formula is C19H25N5O2. The Morgan fingerprint density at radius 1 is 1.31 bits per heavy atom. The van der Waals surface area contributed by atoms with E-state index in [2.05, 4.69) is 33.7 Å². The van der Waals surface area contributed by atoms with Crippen LogP contribution in [0.15, 0.2) is 30.5 Å². The number of carbonyl (C=O) groups excluding carboxylic acids is 1. The van der Waals surface area contributed by atoms with Crippen molar-refractivity contribution in [3.8, 4) is 5.75 Å². The fourth-order valence-electron chi connectivity index (χ4n) is 3.01. The second-order valence-corrected chi connectivity index (χ2v) is 6.26. The molecule has 0 unspecified atom stereocenters. The number of nitrogens with one attached hydrogen (secondary N) is 3. The van der Waals surface area contributed by atoms with Gasteiger partial charge in [-0.25, -0.2) is 4.79 Å². The summed E-state index contributed by atoms with van der Waals surface area (Å²) in [5, 5.41) is 10.9. The topological polar surface area (TPSA) is 84.0 Å². The zero-order valence-corrected chi connectivity index (χ0v) is 15.4. The minimum absolute atomic E-state index is 0.166. The number of urea groups is 1. The minimum atomic E-state index is -0.166. The summed E-state index contributed by atoms with van der Waals surface area (Å²) in [4.78, 5) is 14.7. The molecule has 2 aromatic heterocycles. The molecule has 2 amide bonds. The van der Waals surface area contributed by atoms with Crippen LogP contribution in [0, 0.1) is 13.8 Å². The number of fused-ring (bicyclic) bond motifs is 1. The molecule has 0 atom stereocenters. The van der Waals surface area contributed by atoms with E-state index in [0.717, 1.165) is 34.5 Å². The molecule has 0 aliphatic rings. The van der Waals surface area contributed by atoms with Crippen molar-refractivity contribution in [1.29, 1.82) is 0 Å². The van der Waals surface area contributed by atoms with E-state index < -0.39 is 0 Å². The first-order chi connectivity index (χ1) is 12.6. The van der Waals surface area contributed by atoms with Crippen molar-refractivity contribution in [2.24, 2.45) is 0 Å². The highest BCUT2D eigenvalue weighted by molar-refractivity contribution is 5.86. The Bertz CT molecular complexity index is 897. The van der Waals surface area contributed by atoms with Gasteiger partial charge in [0.1, 0.15) is 12.4 Å². The molecule has 0 bridgehead atoms. The number of ether oxygens (including phenoxy) is 1. The van der Waals surface area contributed by atoms with Gasteiger partial charge in [-0.15, -0.1) is 0 Å². The maximum Gasteiger partial charge on any atom is 0.314 e. The molecular weight excluding hydrogens is 330 g/mol. The third-order valence-electron chi connectivity index (χ3n) is 4.34. The Kier molecular flexibility index (Phi) is 5.46. The first-order valence-electron chi connectivity index (χ1n) is 8.76. The van der Waals surface area contributed by atoms with Crippen molar-refractivity contribution >= 4 is 16.9 Å². The number of rotatable bonds is 7. The van der Waals surface area contributed by atoms with Gasteiger partial charge in [0.2, 0.25) is 0 Å². The Morgan fingerprint density at radius 3 is 2.88 bits per heavy atom. The number of benzene rings is 1. The maximum absolute atomic E-state index is 11.3. The van der Waals surface area contributed by atoms with E-state index in [9.17, 15) is 4.79 Å². The summed E-state index contributed by atoms with van der Waals surface area (Å²) < 4.78 is 7.78. The Hall–Kier alpha value is -2.96. The van der Waals surface area contributed by atoms with Crippen molar-refractivity contribution < 1.29 is 9.53 Å². The highest BCUT2D eigenvalue weighted by Gasteiger charge is 2.10. The van der Waals surface area contributed by atoms with Crippen molar-refractivity contribution in [2.45, 2.75) is 26.8 Å². The van der Waals surface area contributed by atoms with Crippen LogP contribution >= 0.6 is 0 Å². The predicted molar refractivity (Wildman–Crippen MR) is 102 cm³/mol. The van der Waals surface area contributed by atoms with Crippen molar-refractivity contribution in [1.82, 2.24) is 25.4 Å². The number of aryl methyl sites for hydroxylation is 2. The van der Waals surface area contributed by atoms with Gasteiger partial charge in [-0.3, -0.25) is 4.68 Å². The summed E-state index contributed by atoms with van der Waals surface area (Å²) in [5.74, 6) is 0.834. The van der Waals surface area contributed by atoms with Crippen LogP contribution in [0.25, 0.3) is 10.9 Å². The molecule has 0 aliphatic heterocycles. The Labute approximate surface area is 152 Å². The van der Waals surface area contributed by atoms with Crippen LogP contribution in [0.3, 0.4) is 0 Å². The van der Waals surface area contributed by atoms with E-state index in [1.807, 2.05) is 36.0 Å². The molecule has 0 spiro atoms. The van der Waals surface area contributed by atoms with E-state index >= 15 is 0 Å². The average Bonchev–Trinajstić information content (AvgIpc) is 3.18. The highest BCUT2D eigenvalue weighted by Crippen LogP contribution is 2.26. The molecule has 3 rings (SSSR count). The third-order valence-corrected chi connectivity index (χ3v) is 4.34. The number of hydrogen-bond donors (Lipinski definition) is 3. The van der Waals surface area contributed by atoms with Gasteiger partial charge in [0.25, 0.3) is 0 Å². The largest absolute Gasteiger partial charge is 0.492 e.